The molecule has 0 aliphatic carbocycles. The maximum Gasteiger partial charge on any atom is 0.319 e. The van der Waals surface area contributed by atoms with Gasteiger partial charge in [0.05, 0.1) is 5.92 Å². The third-order valence-electron chi connectivity index (χ3n) is 3.54. The summed E-state index contributed by atoms with van der Waals surface area (Å²) >= 11 is 2.22. The van der Waals surface area contributed by atoms with Crippen molar-refractivity contribution in [3.8, 4) is 0 Å². The van der Waals surface area contributed by atoms with Crippen LogP contribution in [0.15, 0.2) is 24.3 Å². The maximum atomic E-state index is 12.4. The van der Waals surface area contributed by atoms with E-state index in [0.29, 0.717) is 6.54 Å². The molecule has 1 N–H and O–H groups in total. The number of hydrogen-bond acceptors (Lipinski definition) is 2. The Morgan fingerprint density at radius 1 is 1.38 bits per heavy atom. The molecule has 5 nitrogen and oxygen atoms in total. The molecule has 1 saturated heterocycles. The minimum Gasteiger partial charge on any atom is -0.331 e. The van der Waals surface area contributed by atoms with Crippen LogP contribution in [0.3, 0.4) is 0 Å². The second-order valence-corrected chi connectivity index (χ2v) is 6.71. The Morgan fingerprint density at radius 3 is 2.81 bits per heavy atom. The largest absolute Gasteiger partial charge is 0.331 e. The van der Waals surface area contributed by atoms with Crippen LogP contribution in [0.5, 0.6) is 0 Å². The fourth-order valence-corrected chi connectivity index (χ4v) is 3.00. The number of carbonyl (C=O) groups excluding carboxylic acids is 2. The van der Waals surface area contributed by atoms with Gasteiger partial charge in [0.15, 0.2) is 0 Å². The van der Waals surface area contributed by atoms with E-state index in [9.17, 15) is 9.59 Å². The molecule has 1 aliphatic rings. The number of likely N-dealkylation sites (tertiary alicyclic amines) is 1. The van der Waals surface area contributed by atoms with Crippen molar-refractivity contribution < 1.29 is 9.59 Å². The zero-order valence-corrected chi connectivity index (χ0v) is 14.5. The van der Waals surface area contributed by atoms with Crippen LogP contribution in [0, 0.1) is 9.49 Å². The van der Waals surface area contributed by atoms with E-state index >= 15 is 0 Å². The summed E-state index contributed by atoms with van der Waals surface area (Å²) in [6, 6.07) is 7.69. The van der Waals surface area contributed by atoms with E-state index in [0.717, 1.165) is 28.6 Å². The van der Waals surface area contributed by atoms with Crippen LogP contribution in [0.2, 0.25) is 0 Å². The van der Waals surface area contributed by atoms with Gasteiger partial charge in [0.25, 0.3) is 0 Å². The van der Waals surface area contributed by atoms with Crippen LogP contribution in [-0.2, 0) is 4.79 Å². The fraction of sp³-hybridized carbons (Fsp3) is 0.467. The van der Waals surface area contributed by atoms with E-state index in [-0.39, 0.29) is 17.9 Å². The number of piperidine rings is 1. The summed E-state index contributed by atoms with van der Waals surface area (Å²) in [6.45, 7) is 1.22. The van der Waals surface area contributed by atoms with E-state index in [1.54, 1.807) is 23.9 Å². The highest BCUT2D eigenvalue weighted by atomic mass is 127. The average molecular weight is 401 g/mol. The van der Waals surface area contributed by atoms with Crippen molar-refractivity contribution in [2.45, 2.75) is 12.8 Å². The molecule has 21 heavy (non-hydrogen) atoms. The number of anilines is 1. The van der Waals surface area contributed by atoms with Crippen LogP contribution in [0.25, 0.3) is 0 Å². The molecular weight excluding hydrogens is 381 g/mol. The SMILES string of the molecule is CN(C)C(=O)N1CCCC(C(=O)Nc2cccc(I)c2)C1. The second-order valence-electron chi connectivity index (χ2n) is 5.46. The number of benzene rings is 1. The molecule has 6 heteroatoms. The average Bonchev–Trinajstić information content (AvgIpc) is 2.46. The lowest BCUT2D eigenvalue weighted by atomic mass is 9.97. The lowest BCUT2D eigenvalue weighted by Gasteiger charge is -2.33. The van der Waals surface area contributed by atoms with Crippen LogP contribution >= 0.6 is 22.6 Å². The maximum absolute atomic E-state index is 12.4. The van der Waals surface area contributed by atoms with E-state index < -0.39 is 0 Å². The Kier molecular flexibility index (Phi) is 5.44. The van der Waals surface area contributed by atoms with Gasteiger partial charge in [0.1, 0.15) is 0 Å². The lowest BCUT2D eigenvalue weighted by molar-refractivity contribution is -0.121. The van der Waals surface area contributed by atoms with Gasteiger partial charge in [-0.1, -0.05) is 6.07 Å². The molecule has 0 bridgehead atoms. The number of nitrogens with one attached hydrogen (secondary N) is 1. The van der Waals surface area contributed by atoms with Gasteiger partial charge in [-0.25, -0.2) is 4.79 Å². The number of nitrogens with zero attached hydrogens (tertiary/aromatic N) is 2. The molecule has 0 radical (unpaired) electrons. The molecule has 1 unspecified atom stereocenters. The normalized spacial score (nSPS) is 18.2. The molecule has 0 saturated carbocycles. The van der Waals surface area contributed by atoms with Crippen molar-refractivity contribution in [3.05, 3.63) is 27.8 Å². The fourth-order valence-electron chi connectivity index (χ4n) is 2.46. The molecular formula is C15H20IN3O2. The molecule has 1 atom stereocenters. The Labute approximate surface area is 138 Å². The summed E-state index contributed by atoms with van der Waals surface area (Å²) in [7, 11) is 3.47. The quantitative estimate of drug-likeness (QED) is 0.775. The van der Waals surface area contributed by atoms with Crippen LogP contribution in [0.4, 0.5) is 10.5 Å². The molecule has 1 aromatic carbocycles. The number of rotatable bonds is 2. The minimum atomic E-state index is -0.138. The van der Waals surface area contributed by atoms with Gasteiger partial charge < -0.3 is 15.1 Å². The van der Waals surface area contributed by atoms with Gasteiger partial charge >= 0.3 is 6.03 Å². The highest BCUT2D eigenvalue weighted by Gasteiger charge is 2.29. The summed E-state index contributed by atoms with van der Waals surface area (Å²) in [5.41, 5.74) is 0.808. The number of amides is 3. The summed E-state index contributed by atoms with van der Waals surface area (Å²) in [4.78, 5) is 27.6. The smallest absolute Gasteiger partial charge is 0.319 e. The van der Waals surface area contributed by atoms with Crippen molar-refractivity contribution in [2.75, 3.05) is 32.5 Å². The number of hydrogen-bond donors (Lipinski definition) is 1. The van der Waals surface area contributed by atoms with Crippen LogP contribution < -0.4 is 5.32 Å². The summed E-state index contributed by atoms with van der Waals surface area (Å²) in [5.74, 6) is -0.145. The Balaban J connectivity index is 1.97. The van der Waals surface area contributed by atoms with Crippen molar-refractivity contribution >= 4 is 40.2 Å². The van der Waals surface area contributed by atoms with Crippen molar-refractivity contribution in [2.24, 2.45) is 5.92 Å². The minimum absolute atomic E-state index is 0.00624. The molecule has 1 aliphatic heterocycles. The first-order valence-corrected chi connectivity index (χ1v) is 8.08. The first-order chi connectivity index (χ1) is 9.97. The Bertz CT molecular complexity index is 533. The van der Waals surface area contributed by atoms with Crippen LogP contribution in [0.1, 0.15) is 12.8 Å². The number of urea groups is 1. The monoisotopic (exact) mass is 401 g/mol. The van der Waals surface area contributed by atoms with E-state index in [1.807, 2.05) is 24.3 Å². The first-order valence-electron chi connectivity index (χ1n) is 7.00. The topological polar surface area (TPSA) is 52.7 Å². The zero-order valence-electron chi connectivity index (χ0n) is 12.3. The van der Waals surface area contributed by atoms with Crippen molar-refractivity contribution in [3.63, 3.8) is 0 Å². The standard InChI is InChI=1S/C15H20IN3O2/c1-18(2)15(21)19-8-4-5-11(10-19)14(20)17-13-7-3-6-12(16)9-13/h3,6-7,9,11H,4-5,8,10H2,1-2H3,(H,17,20). The predicted octanol–water partition coefficient (Wildman–Crippen LogP) is 2.62. The van der Waals surface area contributed by atoms with Crippen molar-refractivity contribution in [1.29, 1.82) is 0 Å². The third-order valence-corrected chi connectivity index (χ3v) is 4.21. The highest BCUT2D eigenvalue weighted by Crippen LogP contribution is 2.20. The molecule has 114 valence electrons. The summed E-state index contributed by atoms with van der Waals surface area (Å²) < 4.78 is 1.08. The zero-order chi connectivity index (χ0) is 15.4. The summed E-state index contributed by atoms with van der Waals surface area (Å²) in [6.07, 6.45) is 1.69. The Morgan fingerprint density at radius 2 is 2.14 bits per heavy atom. The van der Waals surface area contributed by atoms with Crippen molar-refractivity contribution in [1.82, 2.24) is 9.80 Å². The molecule has 1 heterocycles. The highest BCUT2D eigenvalue weighted by molar-refractivity contribution is 14.1. The molecule has 0 spiro atoms. The van der Waals surface area contributed by atoms with Gasteiger partial charge in [0, 0.05) is 36.4 Å². The lowest BCUT2D eigenvalue weighted by Crippen LogP contribution is -2.47. The van der Waals surface area contributed by atoms with E-state index in [1.165, 1.54) is 0 Å². The van der Waals surface area contributed by atoms with Gasteiger partial charge in [-0.2, -0.15) is 0 Å². The molecule has 0 aromatic heterocycles. The third kappa shape index (κ3) is 4.33. The first kappa shape index (κ1) is 16.1. The van der Waals surface area contributed by atoms with Gasteiger partial charge in [-0.15, -0.1) is 0 Å². The molecule has 1 fully saturated rings. The van der Waals surface area contributed by atoms with Gasteiger partial charge in [-0.3, -0.25) is 4.79 Å². The van der Waals surface area contributed by atoms with E-state index in [4.69, 9.17) is 0 Å². The molecule has 1 aromatic rings. The molecule has 2 rings (SSSR count). The summed E-state index contributed by atoms with van der Waals surface area (Å²) in [5, 5.41) is 2.95. The van der Waals surface area contributed by atoms with Gasteiger partial charge in [0.2, 0.25) is 5.91 Å². The molecule has 3 amide bonds. The number of carbonyl (C=O) groups is 2. The van der Waals surface area contributed by atoms with E-state index in [2.05, 4.69) is 27.9 Å². The number of halogens is 1. The van der Waals surface area contributed by atoms with Gasteiger partial charge in [-0.05, 0) is 53.6 Å². The Hall–Kier alpha value is -1.31. The second kappa shape index (κ2) is 7.11. The van der Waals surface area contributed by atoms with Crippen LogP contribution in [-0.4, -0.2) is 48.9 Å². The predicted molar refractivity (Wildman–Crippen MR) is 91.2 cm³/mol.